The van der Waals surface area contributed by atoms with Gasteiger partial charge in [0.05, 0.1) is 6.54 Å². The van der Waals surface area contributed by atoms with Crippen LogP contribution in [-0.2, 0) is 16.6 Å². The number of rotatable bonds is 7. The first-order valence-corrected chi connectivity index (χ1v) is 8.05. The monoisotopic (exact) mass is 293 g/mol. The molecule has 108 valence electrons. The number of hydrogen-bond acceptors (Lipinski definition) is 4. The Labute approximate surface area is 120 Å². The molecule has 0 aliphatic heterocycles. The van der Waals surface area contributed by atoms with E-state index < -0.39 is 10.0 Å². The molecule has 0 amide bonds. The van der Waals surface area contributed by atoms with Gasteiger partial charge >= 0.3 is 0 Å². The molecule has 6 heteroatoms. The van der Waals surface area contributed by atoms with Crippen molar-refractivity contribution in [2.24, 2.45) is 5.92 Å². The number of hydrogen-bond donors (Lipinski definition) is 1. The van der Waals surface area contributed by atoms with Gasteiger partial charge in [-0.3, -0.25) is 0 Å². The average molecular weight is 293 g/mol. The van der Waals surface area contributed by atoms with E-state index in [2.05, 4.69) is 16.2 Å². The predicted octanol–water partition coefficient (Wildman–Crippen LogP) is 0.835. The van der Waals surface area contributed by atoms with Crippen molar-refractivity contribution >= 4 is 10.0 Å². The molecular weight excluding hydrogens is 274 g/mol. The zero-order chi connectivity index (χ0) is 14.6. The van der Waals surface area contributed by atoms with Gasteiger partial charge in [-0.1, -0.05) is 12.0 Å². The molecule has 1 aliphatic rings. The summed E-state index contributed by atoms with van der Waals surface area (Å²) in [6.07, 6.45) is 9.01. The molecule has 0 spiro atoms. The van der Waals surface area contributed by atoms with Crippen LogP contribution in [0.4, 0.5) is 0 Å². The van der Waals surface area contributed by atoms with Gasteiger partial charge in [0.25, 0.3) is 10.0 Å². The maximum Gasteiger partial charge on any atom is 0.261 e. The molecule has 0 saturated heterocycles. The highest BCUT2D eigenvalue weighted by Crippen LogP contribution is 2.31. The second-order valence-electron chi connectivity index (χ2n) is 4.98. The summed E-state index contributed by atoms with van der Waals surface area (Å²) < 4.78 is 26.4. The van der Waals surface area contributed by atoms with Crippen LogP contribution < -0.4 is 5.32 Å². The summed E-state index contributed by atoms with van der Waals surface area (Å²) in [6, 6.07) is 3.31. The van der Waals surface area contributed by atoms with Crippen molar-refractivity contribution in [1.82, 2.24) is 14.6 Å². The van der Waals surface area contributed by atoms with Crippen LogP contribution in [-0.4, -0.2) is 37.8 Å². The van der Waals surface area contributed by atoms with E-state index in [1.165, 1.54) is 4.31 Å². The van der Waals surface area contributed by atoms with E-state index in [9.17, 15) is 8.42 Å². The largest absolute Gasteiger partial charge is 0.316 e. The van der Waals surface area contributed by atoms with Crippen molar-refractivity contribution in [2.45, 2.75) is 24.4 Å². The predicted molar refractivity (Wildman–Crippen MR) is 77.3 cm³/mol. The smallest absolute Gasteiger partial charge is 0.261 e. The Hall–Kier alpha value is -1.42. The fourth-order valence-electron chi connectivity index (χ4n) is 1.94. The molecular formula is C14H19N3O2S. The number of pyridine rings is 1. The summed E-state index contributed by atoms with van der Waals surface area (Å²) in [6.45, 7) is 1.24. The quantitative estimate of drug-likeness (QED) is 0.757. The summed E-state index contributed by atoms with van der Waals surface area (Å²) in [5.74, 6) is 2.86. The number of sulfonamides is 1. The third-order valence-electron chi connectivity index (χ3n) is 3.21. The Balaban J connectivity index is 2.19. The van der Waals surface area contributed by atoms with Crippen LogP contribution in [0.3, 0.4) is 0 Å². The highest BCUT2D eigenvalue weighted by atomic mass is 32.2. The zero-order valence-corrected chi connectivity index (χ0v) is 12.4. The second kappa shape index (κ2) is 6.35. The van der Waals surface area contributed by atoms with Crippen molar-refractivity contribution in [3.8, 4) is 12.3 Å². The van der Waals surface area contributed by atoms with Gasteiger partial charge in [-0.15, -0.1) is 6.42 Å². The molecule has 0 unspecified atom stereocenters. The Morgan fingerprint density at radius 1 is 1.50 bits per heavy atom. The molecule has 1 heterocycles. The number of nitrogens with one attached hydrogen (secondary N) is 1. The summed E-state index contributed by atoms with van der Waals surface area (Å²) in [7, 11) is -1.76. The van der Waals surface area contributed by atoms with Crippen molar-refractivity contribution in [3.63, 3.8) is 0 Å². The minimum Gasteiger partial charge on any atom is -0.316 e. The highest BCUT2D eigenvalue weighted by molar-refractivity contribution is 7.89. The maximum atomic E-state index is 12.5. The van der Waals surface area contributed by atoms with Gasteiger partial charge in [0.2, 0.25) is 0 Å². The van der Waals surface area contributed by atoms with Crippen LogP contribution in [0.2, 0.25) is 0 Å². The molecule has 0 radical (unpaired) electrons. The number of terminal acetylenes is 1. The maximum absolute atomic E-state index is 12.5. The van der Waals surface area contributed by atoms with E-state index in [1.54, 1.807) is 18.3 Å². The average Bonchev–Trinajstić information content (AvgIpc) is 3.23. The highest BCUT2D eigenvalue weighted by Gasteiger charge is 2.31. The molecule has 0 atom stereocenters. The topological polar surface area (TPSA) is 62.3 Å². The molecule has 1 saturated carbocycles. The van der Waals surface area contributed by atoms with Gasteiger partial charge in [0, 0.05) is 19.3 Å². The molecule has 1 fully saturated rings. The molecule has 5 nitrogen and oxygen atoms in total. The molecule has 1 N–H and O–H groups in total. The fourth-order valence-corrected chi connectivity index (χ4v) is 3.28. The molecule has 1 aromatic rings. The lowest BCUT2D eigenvalue weighted by molar-refractivity contribution is 0.428. The minimum absolute atomic E-state index is 0.0632. The fraction of sp³-hybridized carbons (Fsp3) is 0.500. The lowest BCUT2D eigenvalue weighted by Crippen LogP contribution is -2.33. The third-order valence-corrected chi connectivity index (χ3v) is 4.94. The van der Waals surface area contributed by atoms with Gasteiger partial charge < -0.3 is 5.32 Å². The number of aromatic nitrogens is 1. The molecule has 20 heavy (non-hydrogen) atoms. The van der Waals surface area contributed by atoms with Crippen molar-refractivity contribution < 1.29 is 8.42 Å². The standard InChI is InChI=1S/C14H19N3O2S/c1-3-8-17(11-12-4-5-12)20(18,19)14-7-6-13(9-15-2)10-16-14/h1,6-7,10,12,15H,4-5,8-9,11H2,2H3. The SMILES string of the molecule is C#CCN(CC1CC1)S(=O)(=O)c1ccc(CNC)cn1. The van der Waals surface area contributed by atoms with Gasteiger partial charge in [0.1, 0.15) is 0 Å². The van der Waals surface area contributed by atoms with Crippen LogP contribution >= 0.6 is 0 Å². The molecule has 1 aliphatic carbocycles. The summed E-state index contributed by atoms with van der Waals surface area (Å²) in [5.41, 5.74) is 0.942. The zero-order valence-electron chi connectivity index (χ0n) is 11.5. The summed E-state index contributed by atoms with van der Waals surface area (Å²) in [5, 5.41) is 3.06. The van der Waals surface area contributed by atoms with Crippen molar-refractivity contribution in [3.05, 3.63) is 23.9 Å². The van der Waals surface area contributed by atoms with Crippen LogP contribution in [0.1, 0.15) is 18.4 Å². The van der Waals surface area contributed by atoms with Gasteiger partial charge in [-0.05, 0) is 37.4 Å². The van der Waals surface area contributed by atoms with Crippen LogP contribution in [0.5, 0.6) is 0 Å². The van der Waals surface area contributed by atoms with Gasteiger partial charge in [-0.25, -0.2) is 13.4 Å². The normalized spacial score (nSPS) is 15.2. The first kappa shape index (κ1) is 15.0. The Morgan fingerprint density at radius 3 is 2.75 bits per heavy atom. The second-order valence-corrected chi connectivity index (χ2v) is 6.86. The van der Waals surface area contributed by atoms with Crippen LogP contribution in [0.15, 0.2) is 23.4 Å². The van der Waals surface area contributed by atoms with Gasteiger partial charge in [-0.2, -0.15) is 4.31 Å². The van der Waals surface area contributed by atoms with Crippen molar-refractivity contribution in [1.29, 1.82) is 0 Å². The molecule has 2 rings (SSSR count). The van der Waals surface area contributed by atoms with Crippen molar-refractivity contribution in [2.75, 3.05) is 20.1 Å². The first-order valence-electron chi connectivity index (χ1n) is 6.61. The Kier molecular flexibility index (Phi) is 4.76. The Morgan fingerprint density at radius 2 is 2.25 bits per heavy atom. The minimum atomic E-state index is -3.59. The first-order chi connectivity index (χ1) is 9.57. The summed E-state index contributed by atoms with van der Waals surface area (Å²) in [4.78, 5) is 4.06. The van der Waals surface area contributed by atoms with E-state index in [4.69, 9.17) is 6.42 Å². The molecule has 0 aromatic carbocycles. The van der Waals surface area contributed by atoms with E-state index in [0.717, 1.165) is 18.4 Å². The van der Waals surface area contributed by atoms with E-state index >= 15 is 0 Å². The van der Waals surface area contributed by atoms with Crippen LogP contribution in [0, 0.1) is 18.3 Å². The number of nitrogens with zero attached hydrogens (tertiary/aromatic N) is 2. The third kappa shape index (κ3) is 3.57. The molecule has 1 aromatic heterocycles. The Bertz CT molecular complexity index is 586. The van der Waals surface area contributed by atoms with E-state index in [1.807, 2.05) is 7.05 Å². The summed E-state index contributed by atoms with van der Waals surface area (Å²) >= 11 is 0. The molecule has 0 bridgehead atoms. The van der Waals surface area contributed by atoms with E-state index in [-0.39, 0.29) is 11.6 Å². The lowest BCUT2D eigenvalue weighted by atomic mass is 10.3. The van der Waals surface area contributed by atoms with E-state index in [0.29, 0.717) is 19.0 Å². The lowest BCUT2D eigenvalue weighted by Gasteiger charge is -2.19. The van der Waals surface area contributed by atoms with Gasteiger partial charge in [0.15, 0.2) is 5.03 Å². The van der Waals surface area contributed by atoms with Crippen LogP contribution in [0.25, 0.3) is 0 Å².